The first-order chi connectivity index (χ1) is 8.65. The summed E-state index contributed by atoms with van der Waals surface area (Å²) in [5.74, 6) is 0. The van der Waals surface area contributed by atoms with E-state index in [9.17, 15) is 0 Å². The monoisotopic (exact) mass is 270 g/mol. The normalized spacial score (nSPS) is 13.3. The fraction of sp³-hybridized carbons (Fsp3) is 0.500. The van der Waals surface area contributed by atoms with Crippen molar-refractivity contribution in [2.45, 2.75) is 19.2 Å². The maximum absolute atomic E-state index is 5.92. The molecule has 6 heteroatoms. The van der Waals surface area contributed by atoms with Gasteiger partial charge in [-0.25, -0.2) is 0 Å². The van der Waals surface area contributed by atoms with Gasteiger partial charge in [0.15, 0.2) is 0 Å². The molecule has 1 aromatic carbocycles. The summed E-state index contributed by atoms with van der Waals surface area (Å²) in [5, 5.41) is 3.20. The molecule has 1 rings (SSSR count). The highest BCUT2D eigenvalue weighted by Crippen LogP contribution is 2.14. The summed E-state index contributed by atoms with van der Waals surface area (Å²) in [7, 11) is 0.604. The van der Waals surface area contributed by atoms with Crippen molar-refractivity contribution in [3.05, 3.63) is 30.3 Å². The summed E-state index contributed by atoms with van der Waals surface area (Å²) in [6, 6.07) is 10.5. The summed E-state index contributed by atoms with van der Waals surface area (Å²) in [6.07, 6.45) is -0.461. The Labute approximate surface area is 110 Å². The second-order valence-electron chi connectivity index (χ2n) is 3.85. The Kier molecular flexibility index (Phi) is 6.30. The molecule has 0 amide bonds. The fourth-order valence-corrected chi connectivity index (χ4v) is 3.25. The third-order valence-electron chi connectivity index (χ3n) is 2.67. The van der Waals surface area contributed by atoms with Gasteiger partial charge in [0.05, 0.1) is 6.54 Å². The lowest BCUT2D eigenvalue weighted by atomic mass is 10.3. The molecule has 1 unspecified atom stereocenters. The molecule has 0 radical (unpaired) electrons. The largest absolute Gasteiger partial charge is 0.501 e. The molecule has 0 aliphatic carbocycles. The molecule has 0 spiro atoms. The molecule has 0 bridgehead atoms. The third-order valence-corrected chi connectivity index (χ3v) is 5.44. The Morgan fingerprint density at radius 2 is 1.83 bits per heavy atom. The van der Waals surface area contributed by atoms with Gasteiger partial charge in [-0.05, 0) is 12.1 Å². The summed E-state index contributed by atoms with van der Waals surface area (Å²) < 4.78 is 16.4. The van der Waals surface area contributed by atoms with Crippen molar-refractivity contribution in [1.29, 1.82) is 0 Å². The second-order valence-corrected chi connectivity index (χ2v) is 6.97. The van der Waals surface area contributed by atoms with E-state index < -0.39 is 15.0 Å². The van der Waals surface area contributed by atoms with Crippen LogP contribution in [0.5, 0.6) is 0 Å². The van der Waals surface area contributed by atoms with Crippen molar-refractivity contribution < 1.29 is 13.3 Å². The lowest BCUT2D eigenvalue weighted by molar-refractivity contribution is 0.0639. The van der Waals surface area contributed by atoms with Crippen molar-refractivity contribution >= 4 is 14.5 Å². The zero-order valence-electron chi connectivity index (χ0n) is 11.2. The van der Waals surface area contributed by atoms with Crippen LogP contribution in [0.15, 0.2) is 30.3 Å². The summed E-state index contributed by atoms with van der Waals surface area (Å²) in [5.41, 5.74) is 6.93. The molecule has 18 heavy (non-hydrogen) atoms. The Morgan fingerprint density at radius 3 is 2.33 bits per heavy atom. The molecular formula is C12H22N2O3Si. The summed E-state index contributed by atoms with van der Waals surface area (Å²) in [6.45, 7) is 2.47. The van der Waals surface area contributed by atoms with Gasteiger partial charge >= 0.3 is 8.80 Å². The number of nitrogens with one attached hydrogen (secondary N) is 1. The van der Waals surface area contributed by atoms with E-state index in [0.29, 0.717) is 12.6 Å². The molecule has 0 heterocycles. The molecule has 0 aliphatic heterocycles. The van der Waals surface area contributed by atoms with Gasteiger partial charge in [-0.2, -0.15) is 0 Å². The van der Waals surface area contributed by atoms with E-state index in [1.165, 1.54) is 0 Å². The average molecular weight is 270 g/mol. The highest BCUT2D eigenvalue weighted by Gasteiger charge is 2.38. The predicted octanol–water partition coefficient (Wildman–Crippen LogP) is 1.65. The SMILES string of the molecule is CC[Si](OC)(OC)OC(N)CNc1ccccc1. The summed E-state index contributed by atoms with van der Waals surface area (Å²) in [4.78, 5) is 0. The van der Waals surface area contributed by atoms with Gasteiger partial charge < -0.3 is 24.3 Å². The first kappa shape index (κ1) is 15.1. The Hall–Kier alpha value is -0.923. The number of hydrogen-bond acceptors (Lipinski definition) is 5. The highest BCUT2D eigenvalue weighted by molar-refractivity contribution is 6.60. The Morgan fingerprint density at radius 1 is 1.22 bits per heavy atom. The van der Waals surface area contributed by atoms with Crippen LogP contribution in [0.25, 0.3) is 0 Å². The van der Waals surface area contributed by atoms with Gasteiger partial charge in [-0.1, -0.05) is 25.1 Å². The molecule has 1 aromatic rings. The smallest absolute Gasteiger partial charge is 0.381 e. The molecule has 0 saturated carbocycles. The first-order valence-corrected chi connectivity index (χ1v) is 7.91. The van der Waals surface area contributed by atoms with Crippen LogP contribution in [-0.4, -0.2) is 35.8 Å². The van der Waals surface area contributed by atoms with Crippen LogP contribution in [0.1, 0.15) is 6.92 Å². The number of hydrogen-bond donors (Lipinski definition) is 2. The molecular weight excluding hydrogens is 248 g/mol. The Balaban J connectivity index is 2.43. The van der Waals surface area contributed by atoms with Crippen molar-refractivity contribution in [2.75, 3.05) is 26.1 Å². The zero-order chi connectivity index (χ0) is 13.4. The van der Waals surface area contributed by atoms with Crippen molar-refractivity contribution in [3.8, 4) is 0 Å². The van der Waals surface area contributed by atoms with Crippen LogP contribution in [-0.2, 0) is 13.3 Å². The molecule has 0 aromatic heterocycles. The van der Waals surface area contributed by atoms with Crippen LogP contribution in [0.4, 0.5) is 5.69 Å². The van der Waals surface area contributed by atoms with Crippen LogP contribution < -0.4 is 11.1 Å². The van der Waals surface area contributed by atoms with Crippen LogP contribution in [0, 0.1) is 0 Å². The lowest BCUT2D eigenvalue weighted by Crippen LogP contribution is -2.50. The minimum absolute atomic E-state index is 0.461. The van der Waals surface area contributed by atoms with Gasteiger partial charge in [-0.15, -0.1) is 0 Å². The van der Waals surface area contributed by atoms with Crippen molar-refractivity contribution in [2.24, 2.45) is 5.73 Å². The number of rotatable bonds is 8. The van der Waals surface area contributed by atoms with E-state index >= 15 is 0 Å². The lowest BCUT2D eigenvalue weighted by Gasteiger charge is -2.28. The van der Waals surface area contributed by atoms with E-state index in [-0.39, 0.29) is 0 Å². The number of benzene rings is 1. The number of nitrogens with two attached hydrogens (primary N) is 1. The number of anilines is 1. The molecule has 0 fully saturated rings. The van der Waals surface area contributed by atoms with Crippen LogP contribution in [0.3, 0.4) is 0 Å². The molecule has 5 nitrogen and oxygen atoms in total. The predicted molar refractivity (Wildman–Crippen MR) is 74.2 cm³/mol. The van der Waals surface area contributed by atoms with Crippen LogP contribution >= 0.6 is 0 Å². The van der Waals surface area contributed by atoms with Gasteiger partial charge in [0, 0.05) is 26.0 Å². The van der Waals surface area contributed by atoms with Gasteiger partial charge in [0.2, 0.25) is 0 Å². The van der Waals surface area contributed by atoms with Crippen molar-refractivity contribution in [3.63, 3.8) is 0 Å². The van der Waals surface area contributed by atoms with E-state index in [4.69, 9.17) is 19.0 Å². The van der Waals surface area contributed by atoms with E-state index in [0.717, 1.165) is 5.69 Å². The van der Waals surface area contributed by atoms with Gasteiger partial charge in [-0.3, -0.25) is 0 Å². The minimum Gasteiger partial charge on any atom is -0.381 e. The maximum Gasteiger partial charge on any atom is 0.501 e. The van der Waals surface area contributed by atoms with Gasteiger partial charge in [0.25, 0.3) is 0 Å². The van der Waals surface area contributed by atoms with Crippen molar-refractivity contribution in [1.82, 2.24) is 0 Å². The van der Waals surface area contributed by atoms with E-state index in [1.54, 1.807) is 14.2 Å². The quantitative estimate of drug-likeness (QED) is 0.555. The average Bonchev–Trinajstić information content (AvgIpc) is 2.44. The highest BCUT2D eigenvalue weighted by atomic mass is 28.4. The maximum atomic E-state index is 5.92. The van der Waals surface area contributed by atoms with Crippen LogP contribution in [0.2, 0.25) is 6.04 Å². The van der Waals surface area contributed by atoms with E-state index in [1.807, 2.05) is 37.3 Å². The zero-order valence-corrected chi connectivity index (χ0v) is 12.2. The summed E-state index contributed by atoms with van der Waals surface area (Å²) >= 11 is 0. The molecule has 3 N–H and O–H groups in total. The molecule has 0 saturated heterocycles. The standard InChI is InChI=1S/C12H22N2O3Si/c1-4-18(15-2,16-3)17-12(13)10-14-11-8-6-5-7-9-11/h5-9,12,14H,4,10,13H2,1-3H3. The molecule has 102 valence electrons. The molecule has 1 atom stereocenters. The van der Waals surface area contributed by atoms with Gasteiger partial charge in [0.1, 0.15) is 6.23 Å². The topological polar surface area (TPSA) is 65.7 Å². The second kappa shape index (κ2) is 7.50. The first-order valence-electron chi connectivity index (χ1n) is 5.98. The number of para-hydroxylation sites is 1. The molecule has 0 aliphatic rings. The fourth-order valence-electron chi connectivity index (χ4n) is 1.60. The Bertz CT molecular complexity index is 325. The third kappa shape index (κ3) is 4.39. The van der Waals surface area contributed by atoms with E-state index in [2.05, 4.69) is 5.32 Å². The minimum atomic E-state index is -2.58.